The van der Waals surface area contributed by atoms with Crippen molar-refractivity contribution in [3.8, 4) is 11.3 Å². The minimum absolute atomic E-state index is 0.117. The van der Waals surface area contributed by atoms with Gasteiger partial charge in [0.1, 0.15) is 5.60 Å². The van der Waals surface area contributed by atoms with Crippen LogP contribution in [0.15, 0.2) is 60.9 Å². The van der Waals surface area contributed by atoms with Crippen molar-refractivity contribution in [1.29, 1.82) is 0 Å². The molecule has 218 valence electrons. The molecule has 2 unspecified atom stereocenters. The molecule has 5 heterocycles. The Hall–Kier alpha value is -4.40. The van der Waals surface area contributed by atoms with E-state index in [2.05, 4.69) is 21.4 Å². The Morgan fingerprint density at radius 1 is 1.07 bits per heavy atom. The van der Waals surface area contributed by atoms with E-state index in [1.54, 1.807) is 10.9 Å². The highest BCUT2D eigenvalue weighted by molar-refractivity contribution is 5.97. The SMILES string of the molecule is Cc1ccc(N2CC3CC(C2)N3C(=O)OC(C)(C)C)cc1C(=O)N[C@H](C)c1cc(-c2cnn(C)c2)nc2ccccc12. The lowest BCUT2D eigenvalue weighted by molar-refractivity contribution is -0.0379. The molecule has 4 aromatic rings. The van der Waals surface area contributed by atoms with Gasteiger partial charge in [-0.2, -0.15) is 5.10 Å². The lowest BCUT2D eigenvalue weighted by atomic mass is 9.87. The second-order valence-electron chi connectivity index (χ2n) is 12.5. The van der Waals surface area contributed by atoms with Gasteiger partial charge < -0.3 is 15.0 Å². The number of carbonyl (C=O) groups is 2. The molecule has 7 rings (SSSR count). The van der Waals surface area contributed by atoms with Crippen LogP contribution in [0.1, 0.15) is 61.6 Å². The molecule has 2 aromatic heterocycles. The lowest BCUT2D eigenvalue weighted by Gasteiger charge is -2.56. The number of pyridine rings is 1. The quantitative estimate of drug-likeness (QED) is 0.337. The van der Waals surface area contributed by atoms with Crippen LogP contribution >= 0.6 is 0 Å². The van der Waals surface area contributed by atoms with Crippen LogP contribution in [-0.2, 0) is 11.8 Å². The summed E-state index contributed by atoms with van der Waals surface area (Å²) in [5.41, 5.74) is 5.66. The van der Waals surface area contributed by atoms with Crippen molar-refractivity contribution in [3.63, 3.8) is 0 Å². The normalized spacial score (nSPS) is 18.9. The first-order valence-corrected chi connectivity index (χ1v) is 14.5. The molecule has 0 spiro atoms. The van der Waals surface area contributed by atoms with E-state index in [0.29, 0.717) is 5.56 Å². The number of piperidine rings is 1. The Kier molecular flexibility index (Phi) is 6.91. The zero-order chi connectivity index (χ0) is 29.8. The first kappa shape index (κ1) is 27.8. The molecular weight excluding hydrogens is 528 g/mol. The third kappa shape index (κ3) is 5.31. The van der Waals surface area contributed by atoms with Gasteiger partial charge in [-0.1, -0.05) is 24.3 Å². The zero-order valence-corrected chi connectivity index (χ0v) is 25.1. The molecule has 2 amide bonds. The summed E-state index contributed by atoms with van der Waals surface area (Å²) in [6.07, 6.45) is 4.48. The molecule has 3 atom stereocenters. The van der Waals surface area contributed by atoms with Gasteiger partial charge in [0.25, 0.3) is 5.91 Å². The third-order valence-corrected chi connectivity index (χ3v) is 8.19. The van der Waals surface area contributed by atoms with Crippen LogP contribution in [0.5, 0.6) is 0 Å². The molecule has 3 saturated heterocycles. The van der Waals surface area contributed by atoms with Crippen LogP contribution < -0.4 is 10.2 Å². The highest BCUT2D eigenvalue weighted by atomic mass is 16.6. The molecule has 0 saturated carbocycles. The molecule has 9 nitrogen and oxygen atoms in total. The van der Waals surface area contributed by atoms with Gasteiger partial charge in [-0.05, 0) is 76.4 Å². The fourth-order valence-corrected chi connectivity index (χ4v) is 6.10. The zero-order valence-electron chi connectivity index (χ0n) is 25.1. The summed E-state index contributed by atoms with van der Waals surface area (Å²) in [5, 5.41) is 8.55. The van der Waals surface area contributed by atoms with Crippen LogP contribution in [0.3, 0.4) is 0 Å². The molecule has 3 fully saturated rings. The smallest absolute Gasteiger partial charge is 0.410 e. The number of fused-ring (bicyclic) bond motifs is 3. The Bertz CT molecular complexity index is 1660. The number of hydrogen-bond donors (Lipinski definition) is 1. The fourth-order valence-electron chi connectivity index (χ4n) is 6.10. The number of carbonyl (C=O) groups excluding carboxylic acids is 2. The van der Waals surface area contributed by atoms with E-state index in [-0.39, 0.29) is 30.1 Å². The van der Waals surface area contributed by atoms with Crippen molar-refractivity contribution >= 4 is 28.6 Å². The van der Waals surface area contributed by atoms with Gasteiger partial charge in [0, 0.05) is 48.5 Å². The number of rotatable bonds is 5. The average Bonchev–Trinajstić information content (AvgIpc) is 3.37. The molecule has 0 radical (unpaired) electrons. The second-order valence-corrected chi connectivity index (χ2v) is 12.5. The predicted octanol–water partition coefficient (Wildman–Crippen LogP) is 5.63. The van der Waals surface area contributed by atoms with E-state index in [9.17, 15) is 9.59 Å². The van der Waals surface area contributed by atoms with E-state index in [4.69, 9.17) is 9.72 Å². The molecular formula is C33H38N6O3. The lowest BCUT2D eigenvalue weighted by Crippen LogP contribution is -2.70. The summed E-state index contributed by atoms with van der Waals surface area (Å²) in [6, 6.07) is 16.1. The minimum atomic E-state index is -0.514. The maximum atomic E-state index is 13.7. The third-order valence-electron chi connectivity index (χ3n) is 8.19. The number of anilines is 1. The van der Waals surface area contributed by atoms with Crippen LogP contribution in [-0.4, -0.2) is 62.4 Å². The van der Waals surface area contributed by atoms with Gasteiger partial charge in [0.05, 0.1) is 35.5 Å². The van der Waals surface area contributed by atoms with E-state index in [1.807, 2.05) is 95.2 Å². The number of nitrogens with zero attached hydrogens (tertiary/aromatic N) is 5. The highest BCUT2D eigenvalue weighted by Gasteiger charge is 2.48. The van der Waals surface area contributed by atoms with Crippen LogP contribution in [0.4, 0.5) is 10.5 Å². The Labute approximate surface area is 246 Å². The van der Waals surface area contributed by atoms with Crippen molar-refractivity contribution in [1.82, 2.24) is 25.0 Å². The Balaban J connectivity index is 1.21. The molecule has 1 N–H and O–H groups in total. The van der Waals surface area contributed by atoms with Crippen LogP contribution in [0, 0.1) is 6.92 Å². The number of amides is 2. The summed E-state index contributed by atoms with van der Waals surface area (Å²) in [5.74, 6) is -0.122. The second kappa shape index (κ2) is 10.5. The van der Waals surface area contributed by atoms with Gasteiger partial charge in [0.15, 0.2) is 0 Å². The average molecular weight is 567 g/mol. The minimum Gasteiger partial charge on any atom is -0.444 e. The van der Waals surface area contributed by atoms with Gasteiger partial charge in [-0.3, -0.25) is 14.4 Å². The fraction of sp³-hybridized carbons (Fsp3) is 0.394. The maximum absolute atomic E-state index is 13.7. The summed E-state index contributed by atoms with van der Waals surface area (Å²) in [4.78, 5) is 35.4. The topological polar surface area (TPSA) is 92.6 Å². The standard InChI is InChI=1S/C33H38N6O3/c1-20-11-12-23(38-18-24-13-25(19-38)39(24)32(41)42-33(3,4)5)14-27(20)31(40)35-21(2)28-15-30(22-16-34-37(6)17-22)36-29-10-8-7-9-26(28)29/h7-12,14-17,21,24-25H,13,18-19H2,1-6H3,(H,35,40)/t21-,24?,25?/m1/s1. The van der Waals surface area contributed by atoms with Crippen LogP contribution in [0.2, 0.25) is 0 Å². The first-order valence-electron chi connectivity index (χ1n) is 14.5. The molecule has 0 aliphatic carbocycles. The van der Waals surface area contributed by atoms with E-state index in [0.717, 1.165) is 58.5 Å². The van der Waals surface area contributed by atoms with Gasteiger partial charge in [0.2, 0.25) is 0 Å². The number of aromatic nitrogens is 3. The maximum Gasteiger partial charge on any atom is 0.410 e. The number of aryl methyl sites for hydroxylation is 2. The molecule has 3 aliphatic rings. The molecule has 3 aliphatic heterocycles. The van der Waals surface area contributed by atoms with E-state index < -0.39 is 5.60 Å². The van der Waals surface area contributed by atoms with E-state index in [1.165, 1.54) is 0 Å². The monoisotopic (exact) mass is 566 g/mol. The van der Waals surface area contributed by atoms with Crippen molar-refractivity contribution < 1.29 is 14.3 Å². The number of para-hydroxylation sites is 1. The number of ether oxygens (including phenoxy) is 1. The summed E-state index contributed by atoms with van der Waals surface area (Å²) in [6.45, 7) is 11.1. The first-order chi connectivity index (χ1) is 20.0. The Morgan fingerprint density at radius 2 is 1.81 bits per heavy atom. The molecule has 9 heteroatoms. The Morgan fingerprint density at radius 3 is 2.50 bits per heavy atom. The number of benzene rings is 2. The van der Waals surface area contributed by atoms with Crippen molar-refractivity contribution in [2.45, 2.75) is 64.8 Å². The highest BCUT2D eigenvalue weighted by Crippen LogP contribution is 2.36. The molecule has 2 aromatic carbocycles. The van der Waals surface area contributed by atoms with Crippen molar-refractivity contribution in [2.75, 3.05) is 18.0 Å². The summed E-state index contributed by atoms with van der Waals surface area (Å²) in [7, 11) is 1.88. The van der Waals surface area contributed by atoms with Gasteiger partial charge >= 0.3 is 6.09 Å². The van der Waals surface area contributed by atoms with Crippen molar-refractivity contribution in [3.05, 3.63) is 77.6 Å². The van der Waals surface area contributed by atoms with Crippen molar-refractivity contribution in [2.24, 2.45) is 7.05 Å². The number of hydrogen-bond acceptors (Lipinski definition) is 6. The number of piperazine rings is 1. The summed E-state index contributed by atoms with van der Waals surface area (Å²) < 4.78 is 7.38. The predicted molar refractivity (Wildman–Crippen MR) is 163 cm³/mol. The van der Waals surface area contributed by atoms with Crippen LogP contribution in [0.25, 0.3) is 22.2 Å². The van der Waals surface area contributed by atoms with Gasteiger partial charge in [-0.15, -0.1) is 0 Å². The molecule has 42 heavy (non-hydrogen) atoms. The summed E-state index contributed by atoms with van der Waals surface area (Å²) >= 11 is 0. The van der Waals surface area contributed by atoms with E-state index >= 15 is 0 Å². The number of nitrogens with one attached hydrogen (secondary N) is 1. The largest absolute Gasteiger partial charge is 0.444 e. The molecule has 2 bridgehead atoms. The van der Waals surface area contributed by atoms with Gasteiger partial charge in [-0.25, -0.2) is 9.78 Å².